The van der Waals surface area contributed by atoms with E-state index < -0.39 is 0 Å². The van der Waals surface area contributed by atoms with Gasteiger partial charge in [0.2, 0.25) is 5.91 Å². The van der Waals surface area contributed by atoms with Gasteiger partial charge >= 0.3 is 0 Å². The molecule has 1 heterocycles. The van der Waals surface area contributed by atoms with E-state index in [2.05, 4.69) is 0 Å². The van der Waals surface area contributed by atoms with Gasteiger partial charge in [-0.05, 0) is 31.5 Å². The SMILES string of the molecule is CC(=O)N1[C@H](CO)[C@@H](c2ccccc2)[C@@H]1CN(C(=O)c1ccccc1)C(C)C. The van der Waals surface area contributed by atoms with Crippen LogP contribution in [0.1, 0.15) is 42.6 Å². The molecule has 2 aromatic carbocycles. The monoisotopic (exact) mass is 380 g/mol. The second-order valence-corrected chi connectivity index (χ2v) is 7.60. The molecule has 0 radical (unpaired) electrons. The summed E-state index contributed by atoms with van der Waals surface area (Å²) in [4.78, 5) is 28.9. The zero-order valence-electron chi connectivity index (χ0n) is 16.7. The zero-order valence-corrected chi connectivity index (χ0v) is 16.7. The molecule has 0 aliphatic carbocycles. The second-order valence-electron chi connectivity index (χ2n) is 7.60. The Kier molecular flexibility index (Phi) is 6.15. The van der Waals surface area contributed by atoms with Crippen LogP contribution in [0.15, 0.2) is 60.7 Å². The molecule has 0 aromatic heterocycles. The standard InChI is InChI=1S/C23H28N2O3/c1-16(2)24(23(28)19-12-8-5-9-13-19)14-20-22(18-10-6-4-7-11-18)21(15-26)25(20)17(3)27/h4-13,16,20-22,26H,14-15H2,1-3H3/t20-,21+,22-/m0/s1. The first-order valence-electron chi connectivity index (χ1n) is 9.76. The second kappa shape index (κ2) is 8.57. The lowest BCUT2D eigenvalue weighted by Crippen LogP contribution is -2.68. The van der Waals surface area contributed by atoms with Crippen LogP contribution in [-0.4, -0.2) is 58.0 Å². The van der Waals surface area contributed by atoms with E-state index in [-0.39, 0.29) is 42.5 Å². The van der Waals surface area contributed by atoms with Gasteiger partial charge in [0.15, 0.2) is 0 Å². The predicted molar refractivity (Wildman–Crippen MR) is 109 cm³/mol. The van der Waals surface area contributed by atoms with Crippen LogP contribution in [0.4, 0.5) is 0 Å². The first-order chi connectivity index (χ1) is 13.5. The molecule has 0 unspecified atom stereocenters. The van der Waals surface area contributed by atoms with E-state index in [0.717, 1.165) is 5.56 Å². The molecular formula is C23H28N2O3. The van der Waals surface area contributed by atoms with E-state index in [4.69, 9.17) is 0 Å². The average Bonchev–Trinajstić information content (AvgIpc) is 2.68. The van der Waals surface area contributed by atoms with Crippen molar-refractivity contribution in [3.63, 3.8) is 0 Å². The fraction of sp³-hybridized carbons (Fsp3) is 0.391. The molecule has 148 valence electrons. The van der Waals surface area contributed by atoms with E-state index in [0.29, 0.717) is 12.1 Å². The Morgan fingerprint density at radius 2 is 1.57 bits per heavy atom. The lowest BCUT2D eigenvalue weighted by molar-refractivity contribution is -0.149. The molecule has 2 amide bonds. The van der Waals surface area contributed by atoms with Crippen molar-refractivity contribution in [2.45, 2.75) is 44.8 Å². The Labute approximate surface area is 166 Å². The van der Waals surface area contributed by atoms with E-state index in [1.807, 2.05) is 79.4 Å². The number of hydrogen-bond acceptors (Lipinski definition) is 3. The fourth-order valence-electron chi connectivity index (χ4n) is 4.21. The molecule has 0 spiro atoms. The van der Waals surface area contributed by atoms with E-state index >= 15 is 0 Å². The van der Waals surface area contributed by atoms with Crippen molar-refractivity contribution in [3.8, 4) is 0 Å². The Morgan fingerprint density at radius 3 is 2.07 bits per heavy atom. The first-order valence-corrected chi connectivity index (χ1v) is 9.76. The largest absolute Gasteiger partial charge is 0.394 e. The van der Waals surface area contributed by atoms with Crippen LogP contribution in [0, 0.1) is 0 Å². The van der Waals surface area contributed by atoms with Crippen LogP contribution in [0.3, 0.4) is 0 Å². The molecule has 5 heteroatoms. The molecule has 2 aromatic rings. The van der Waals surface area contributed by atoms with Crippen LogP contribution in [-0.2, 0) is 4.79 Å². The van der Waals surface area contributed by atoms with E-state index in [1.54, 1.807) is 4.90 Å². The van der Waals surface area contributed by atoms with Crippen LogP contribution in [0.2, 0.25) is 0 Å². The Bertz CT molecular complexity index is 807. The van der Waals surface area contributed by atoms with E-state index in [1.165, 1.54) is 6.92 Å². The summed E-state index contributed by atoms with van der Waals surface area (Å²) in [6.45, 7) is 5.83. The highest BCUT2D eigenvalue weighted by Gasteiger charge is 2.51. The molecule has 28 heavy (non-hydrogen) atoms. The highest BCUT2D eigenvalue weighted by Crippen LogP contribution is 2.41. The molecule has 1 aliphatic heterocycles. The molecule has 0 saturated carbocycles. The van der Waals surface area contributed by atoms with Crippen LogP contribution >= 0.6 is 0 Å². The van der Waals surface area contributed by atoms with Crippen molar-refractivity contribution < 1.29 is 14.7 Å². The topological polar surface area (TPSA) is 60.9 Å². The fourth-order valence-corrected chi connectivity index (χ4v) is 4.21. The van der Waals surface area contributed by atoms with Crippen LogP contribution in [0.5, 0.6) is 0 Å². The number of benzene rings is 2. The van der Waals surface area contributed by atoms with Crippen molar-refractivity contribution in [2.75, 3.05) is 13.2 Å². The number of carbonyl (C=O) groups excluding carboxylic acids is 2. The molecule has 3 atom stereocenters. The summed E-state index contributed by atoms with van der Waals surface area (Å²) in [5.74, 6) is -0.120. The Balaban J connectivity index is 1.90. The number of aliphatic hydroxyl groups is 1. The number of aliphatic hydroxyl groups excluding tert-OH is 1. The third-order valence-corrected chi connectivity index (χ3v) is 5.57. The highest BCUT2D eigenvalue weighted by molar-refractivity contribution is 5.94. The lowest BCUT2D eigenvalue weighted by atomic mass is 9.74. The molecular weight excluding hydrogens is 352 g/mol. The Morgan fingerprint density at radius 1 is 1.00 bits per heavy atom. The number of amides is 2. The molecule has 5 nitrogen and oxygen atoms in total. The number of hydrogen-bond donors (Lipinski definition) is 1. The summed E-state index contributed by atoms with van der Waals surface area (Å²) in [6, 6.07) is 18.7. The summed E-state index contributed by atoms with van der Waals surface area (Å²) < 4.78 is 0. The van der Waals surface area contributed by atoms with E-state index in [9.17, 15) is 14.7 Å². The van der Waals surface area contributed by atoms with Gasteiger partial charge in [0.25, 0.3) is 5.91 Å². The average molecular weight is 380 g/mol. The van der Waals surface area contributed by atoms with Gasteiger partial charge in [0, 0.05) is 31.0 Å². The minimum absolute atomic E-state index is 0.0000710. The molecule has 1 aliphatic rings. The summed E-state index contributed by atoms with van der Waals surface area (Å²) >= 11 is 0. The van der Waals surface area contributed by atoms with Gasteiger partial charge in [0.1, 0.15) is 0 Å². The predicted octanol–water partition coefficient (Wildman–Crippen LogP) is 2.91. The van der Waals surface area contributed by atoms with Crippen molar-refractivity contribution in [3.05, 3.63) is 71.8 Å². The summed E-state index contributed by atoms with van der Waals surface area (Å²) in [7, 11) is 0. The number of rotatable bonds is 6. The normalized spacial score (nSPS) is 21.3. The molecule has 3 rings (SSSR count). The third kappa shape index (κ3) is 3.80. The van der Waals surface area contributed by atoms with Crippen molar-refractivity contribution in [2.24, 2.45) is 0 Å². The third-order valence-electron chi connectivity index (χ3n) is 5.57. The van der Waals surface area contributed by atoms with Gasteiger partial charge in [-0.2, -0.15) is 0 Å². The van der Waals surface area contributed by atoms with Gasteiger partial charge < -0.3 is 14.9 Å². The van der Waals surface area contributed by atoms with Gasteiger partial charge in [-0.25, -0.2) is 0 Å². The summed E-state index contributed by atoms with van der Waals surface area (Å²) in [5.41, 5.74) is 1.72. The van der Waals surface area contributed by atoms with Crippen LogP contribution < -0.4 is 0 Å². The Hall–Kier alpha value is -2.66. The maximum absolute atomic E-state index is 13.1. The highest BCUT2D eigenvalue weighted by atomic mass is 16.3. The molecule has 0 bridgehead atoms. The zero-order chi connectivity index (χ0) is 20.3. The van der Waals surface area contributed by atoms with Crippen molar-refractivity contribution >= 4 is 11.8 Å². The lowest BCUT2D eigenvalue weighted by Gasteiger charge is -2.56. The summed E-state index contributed by atoms with van der Waals surface area (Å²) in [6.07, 6.45) is 0. The molecule has 1 fully saturated rings. The minimum Gasteiger partial charge on any atom is -0.394 e. The van der Waals surface area contributed by atoms with Crippen molar-refractivity contribution in [1.82, 2.24) is 9.80 Å². The minimum atomic E-state index is -0.259. The number of carbonyl (C=O) groups is 2. The summed E-state index contributed by atoms with van der Waals surface area (Å²) in [5, 5.41) is 9.91. The number of nitrogens with zero attached hydrogens (tertiary/aromatic N) is 2. The quantitative estimate of drug-likeness (QED) is 0.838. The maximum Gasteiger partial charge on any atom is 0.254 e. The van der Waals surface area contributed by atoms with Gasteiger partial charge in [-0.15, -0.1) is 0 Å². The number of likely N-dealkylation sites (tertiary alicyclic amines) is 1. The molecule has 1 N–H and O–H groups in total. The van der Waals surface area contributed by atoms with Gasteiger partial charge in [-0.3, -0.25) is 9.59 Å². The first kappa shape index (κ1) is 20.1. The van der Waals surface area contributed by atoms with Gasteiger partial charge in [0.05, 0.1) is 18.7 Å². The maximum atomic E-state index is 13.1. The smallest absolute Gasteiger partial charge is 0.254 e. The van der Waals surface area contributed by atoms with Crippen LogP contribution in [0.25, 0.3) is 0 Å². The van der Waals surface area contributed by atoms with Gasteiger partial charge in [-0.1, -0.05) is 48.5 Å². The van der Waals surface area contributed by atoms with Crippen molar-refractivity contribution in [1.29, 1.82) is 0 Å². The molecule has 1 saturated heterocycles.